The normalized spacial score (nSPS) is 20.9. The zero-order chi connectivity index (χ0) is 15.7. The summed E-state index contributed by atoms with van der Waals surface area (Å²) in [6.07, 6.45) is 4.03. The molecule has 22 heavy (non-hydrogen) atoms. The van der Waals surface area contributed by atoms with Gasteiger partial charge in [0.1, 0.15) is 4.21 Å². The second-order valence-electron chi connectivity index (χ2n) is 5.49. The summed E-state index contributed by atoms with van der Waals surface area (Å²) in [6.45, 7) is 2.68. The molecule has 2 aromatic rings. The largest absolute Gasteiger partial charge is 0.253 e. The van der Waals surface area contributed by atoms with Crippen LogP contribution >= 0.6 is 38.6 Å². The zero-order valence-corrected chi connectivity index (χ0v) is 16.3. The predicted molar refractivity (Wildman–Crippen MR) is 96.2 cm³/mol. The van der Waals surface area contributed by atoms with Gasteiger partial charge >= 0.3 is 0 Å². The molecular formula is C15H18BrNO2S3. The first-order valence-electron chi connectivity index (χ1n) is 7.32. The van der Waals surface area contributed by atoms with Gasteiger partial charge in [0.15, 0.2) is 0 Å². The molecule has 1 saturated heterocycles. The maximum atomic E-state index is 13.1. The zero-order valence-electron chi connectivity index (χ0n) is 12.3. The average molecular weight is 420 g/mol. The van der Waals surface area contributed by atoms with Gasteiger partial charge in [0.2, 0.25) is 0 Å². The minimum absolute atomic E-state index is 0.0212. The molecule has 1 aliphatic rings. The van der Waals surface area contributed by atoms with E-state index in [0.717, 1.165) is 29.5 Å². The van der Waals surface area contributed by atoms with E-state index in [1.54, 1.807) is 27.8 Å². The fourth-order valence-electron chi connectivity index (χ4n) is 2.84. The number of nitrogens with zero attached hydrogens (tertiary/aromatic N) is 1. The molecule has 1 fully saturated rings. The van der Waals surface area contributed by atoms with Crippen LogP contribution in [0.4, 0.5) is 0 Å². The second kappa shape index (κ2) is 6.73. The Morgan fingerprint density at radius 2 is 1.95 bits per heavy atom. The summed E-state index contributed by atoms with van der Waals surface area (Å²) in [4.78, 5) is 2.40. The molecule has 0 N–H and O–H groups in total. The number of thiophene rings is 2. The van der Waals surface area contributed by atoms with Gasteiger partial charge in [-0.15, -0.1) is 22.7 Å². The van der Waals surface area contributed by atoms with E-state index >= 15 is 0 Å². The van der Waals surface area contributed by atoms with Gasteiger partial charge in [-0.2, -0.15) is 4.31 Å². The first-order valence-corrected chi connectivity index (χ1v) is 11.2. The van der Waals surface area contributed by atoms with Crippen LogP contribution in [0.25, 0.3) is 0 Å². The highest BCUT2D eigenvalue weighted by Gasteiger charge is 2.34. The maximum absolute atomic E-state index is 13.1. The van der Waals surface area contributed by atoms with Crippen LogP contribution in [0.5, 0.6) is 0 Å². The van der Waals surface area contributed by atoms with Crippen LogP contribution in [-0.4, -0.2) is 19.3 Å². The number of hydrogen-bond donors (Lipinski definition) is 0. The van der Waals surface area contributed by atoms with Crippen molar-refractivity contribution in [3.63, 3.8) is 0 Å². The predicted octanol–water partition coefficient (Wildman–Crippen LogP) is 5.19. The molecule has 3 rings (SSSR count). The summed E-state index contributed by atoms with van der Waals surface area (Å²) >= 11 is 6.36. The van der Waals surface area contributed by atoms with E-state index in [9.17, 15) is 8.42 Å². The maximum Gasteiger partial charge on any atom is 0.253 e. The van der Waals surface area contributed by atoms with Crippen molar-refractivity contribution in [1.29, 1.82) is 0 Å². The van der Waals surface area contributed by atoms with Crippen LogP contribution in [-0.2, 0) is 10.0 Å². The molecule has 3 heterocycles. The van der Waals surface area contributed by atoms with Crippen molar-refractivity contribution in [3.8, 4) is 0 Å². The molecule has 0 unspecified atom stereocenters. The Morgan fingerprint density at radius 1 is 1.14 bits per heavy atom. The molecule has 0 saturated carbocycles. The molecule has 0 bridgehead atoms. The third-order valence-electron chi connectivity index (χ3n) is 3.90. The van der Waals surface area contributed by atoms with E-state index in [1.807, 2.05) is 0 Å². The van der Waals surface area contributed by atoms with Crippen molar-refractivity contribution in [2.45, 2.75) is 42.9 Å². The summed E-state index contributed by atoms with van der Waals surface area (Å²) in [7, 11) is -3.42. The van der Waals surface area contributed by atoms with Crippen molar-refractivity contribution >= 4 is 48.6 Å². The van der Waals surface area contributed by atoms with Gasteiger partial charge in [-0.25, -0.2) is 8.42 Å². The van der Waals surface area contributed by atoms with Crippen LogP contribution in [0.1, 0.15) is 41.5 Å². The Kier molecular flexibility index (Phi) is 5.09. The van der Waals surface area contributed by atoms with E-state index in [1.165, 1.54) is 21.1 Å². The molecule has 0 aliphatic carbocycles. The van der Waals surface area contributed by atoms with Gasteiger partial charge in [0, 0.05) is 16.3 Å². The smallest absolute Gasteiger partial charge is 0.206 e. The molecule has 2 aromatic heterocycles. The summed E-state index contributed by atoms with van der Waals surface area (Å²) in [5, 5.41) is 0. The SMILES string of the molecule is Cc1ccc([C@H]2CCCCCN2S(=O)(=O)c2ccc(Br)s2)s1. The molecule has 0 aromatic carbocycles. The number of sulfonamides is 1. The first kappa shape index (κ1) is 16.6. The molecule has 0 amide bonds. The molecule has 1 aliphatic heterocycles. The average Bonchev–Trinajstić information content (AvgIpc) is 3.01. The van der Waals surface area contributed by atoms with Gasteiger partial charge in [0.25, 0.3) is 10.0 Å². The lowest BCUT2D eigenvalue weighted by Crippen LogP contribution is -2.34. The van der Waals surface area contributed by atoms with Gasteiger partial charge < -0.3 is 0 Å². The number of rotatable bonds is 3. The van der Waals surface area contributed by atoms with Crippen LogP contribution in [0.3, 0.4) is 0 Å². The quantitative estimate of drug-likeness (QED) is 0.686. The lowest BCUT2D eigenvalue weighted by atomic mass is 10.1. The van der Waals surface area contributed by atoms with Crippen LogP contribution in [0, 0.1) is 6.92 Å². The summed E-state index contributed by atoms with van der Waals surface area (Å²) in [5.41, 5.74) is 0. The second-order valence-corrected chi connectivity index (χ2v) is 11.4. The van der Waals surface area contributed by atoms with Gasteiger partial charge in [-0.3, -0.25) is 0 Å². The molecule has 0 spiro atoms. The fourth-order valence-corrected chi connectivity index (χ4v) is 7.74. The Morgan fingerprint density at radius 3 is 2.59 bits per heavy atom. The molecule has 7 heteroatoms. The van der Waals surface area contributed by atoms with E-state index in [0.29, 0.717) is 10.8 Å². The van der Waals surface area contributed by atoms with Crippen LogP contribution < -0.4 is 0 Å². The Bertz CT molecular complexity index is 750. The molecule has 120 valence electrons. The molecule has 0 radical (unpaired) electrons. The molecular weight excluding hydrogens is 402 g/mol. The van der Waals surface area contributed by atoms with E-state index in [2.05, 4.69) is 35.0 Å². The third kappa shape index (κ3) is 3.33. The van der Waals surface area contributed by atoms with Crippen molar-refractivity contribution in [3.05, 3.63) is 37.8 Å². The third-order valence-corrected chi connectivity index (χ3v) is 9.01. The Balaban J connectivity index is 2.00. The summed E-state index contributed by atoms with van der Waals surface area (Å²) in [6, 6.07) is 7.65. The van der Waals surface area contributed by atoms with E-state index in [-0.39, 0.29) is 6.04 Å². The minimum Gasteiger partial charge on any atom is -0.206 e. The molecule has 1 atom stereocenters. The monoisotopic (exact) mass is 419 g/mol. The highest BCUT2D eigenvalue weighted by atomic mass is 79.9. The minimum atomic E-state index is -3.42. The van der Waals surface area contributed by atoms with Crippen molar-refractivity contribution in [2.24, 2.45) is 0 Å². The molecule has 3 nitrogen and oxygen atoms in total. The summed E-state index contributed by atoms with van der Waals surface area (Å²) < 4.78 is 29.1. The van der Waals surface area contributed by atoms with Crippen LogP contribution in [0.2, 0.25) is 0 Å². The number of halogens is 1. The topological polar surface area (TPSA) is 37.4 Å². The first-order chi connectivity index (χ1) is 10.5. The van der Waals surface area contributed by atoms with Crippen molar-refractivity contribution < 1.29 is 8.42 Å². The lowest BCUT2D eigenvalue weighted by Gasteiger charge is -2.27. The van der Waals surface area contributed by atoms with E-state index < -0.39 is 10.0 Å². The lowest BCUT2D eigenvalue weighted by molar-refractivity contribution is 0.334. The standard InChI is InChI=1S/C15H18BrNO2S3/c1-11-6-7-13(20-11)12-5-3-2-4-10-17(12)22(18,19)15-9-8-14(16)21-15/h6-9,12H,2-5,10H2,1H3/t12-/m1/s1. The highest BCUT2D eigenvalue weighted by molar-refractivity contribution is 9.11. The van der Waals surface area contributed by atoms with Gasteiger partial charge in [0.05, 0.1) is 9.83 Å². The van der Waals surface area contributed by atoms with E-state index in [4.69, 9.17) is 0 Å². The van der Waals surface area contributed by atoms with Crippen molar-refractivity contribution in [1.82, 2.24) is 4.31 Å². The van der Waals surface area contributed by atoms with Crippen molar-refractivity contribution in [2.75, 3.05) is 6.54 Å². The fraction of sp³-hybridized carbons (Fsp3) is 0.467. The Hall–Kier alpha value is -0.210. The van der Waals surface area contributed by atoms with Gasteiger partial charge in [-0.05, 0) is 60.0 Å². The Labute approximate surface area is 148 Å². The van der Waals surface area contributed by atoms with Gasteiger partial charge in [-0.1, -0.05) is 12.8 Å². The summed E-state index contributed by atoms with van der Waals surface area (Å²) in [5.74, 6) is 0. The number of hydrogen-bond acceptors (Lipinski definition) is 4. The van der Waals surface area contributed by atoms with Crippen LogP contribution in [0.15, 0.2) is 32.3 Å². The highest BCUT2D eigenvalue weighted by Crippen LogP contribution is 2.39. The number of aryl methyl sites for hydroxylation is 1.